The number of nitrogens with zero attached hydrogens (tertiary/aromatic N) is 7. The van der Waals surface area contributed by atoms with E-state index in [9.17, 15) is 4.79 Å². The lowest BCUT2D eigenvalue weighted by Gasteiger charge is -2.32. The summed E-state index contributed by atoms with van der Waals surface area (Å²) in [6.45, 7) is 9.24. The van der Waals surface area contributed by atoms with Crippen molar-refractivity contribution < 1.29 is 9.53 Å². The van der Waals surface area contributed by atoms with E-state index < -0.39 is 0 Å². The molecule has 5 aromatic rings. The molecule has 1 aliphatic heterocycles. The lowest BCUT2D eigenvalue weighted by atomic mass is 10.1. The molecule has 0 spiro atoms. The quantitative estimate of drug-likeness (QED) is 0.301. The molecule has 0 atom stereocenters. The van der Waals surface area contributed by atoms with Gasteiger partial charge < -0.3 is 15.0 Å². The van der Waals surface area contributed by atoms with Crippen LogP contribution < -0.4 is 10.1 Å². The van der Waals surface area contributed by atoms with E-state index in [0.717, 1.165) is 55.1 Å². The van der Waals surface area contributed by atoms with E-state index in [-0.39, 0.29) is 5.91 Å². The largest absolute Gasteiger partial charge is 0.438 e. The highest BCUT2D eigenvalue weighted by Crippen LogP contribution is 2.31. The molecule has 6 rings (SSSR count). The Kier molecular flexibility index (Phi) is 7.64. The van der Waals surface area contributed by atoms with E-state index in [4.69, 9.17) is 4.74 Å². The second kappa shape index (κ2) is 11.7. The van der Waals surface area contributed by atoms with Gasteiger partial charge in [-0.1, -0.05) is 12.1 Å². The van der Waals surface area contributed by atoms with Gasteiger partial charge >= 0.3 is 0 Å². The second-order valence-corrected chi connectivity index (χ2v) is 10.9. The van der Waals surface area contributed by atoms with Crippen LogP contribution in [0.2, 0.25) is 0 Å². The van der Waals surface area contributed by atoms with Gasteiger partial charge in [-0.15, -0.1) is 0 Å². The highest BCUT2D eigenvalue weighted by Gasteiger charge is 2.18. The summed E-state index contributed by atoms with van der Waals surface area (Å²) in [6, 6.07) is 15.3. The van der Waals surface area contributed by atoms with Gasteiger partial charge in [0, 0.05) is 75.2 Å². The number of rotatable bonds is 7. The maximum absolute atomic E-state index is 13.4. The first-order valence-corrected chi connectivity index (χ1v) is 14.0. The van der Waals surface area contributed by atoms with Crippen LogP contribution in [0.4, 0.5) is 5.69 Å². The van der Waals surface area contributed by atoms with Crippen molar-refractivity contribution >= 4 is 22.6 Å². The van der Waals surface area contributed by atoms with Gasteiger partial charge in [-0.25, -0.2) is 4.98 Å². The van der Waals surface area contributed by atoms with Gasteiger partial charge in [-0.3, -0.25) is 19.4 Å². The average molecular weight is 563 g/mol. The highest BCUT2D eigenvalue weighted by atomic mass is 16.5. The van der Waals surface area contributed by atoms with Crippen LogP contribution in [0.25, 0.3) is 22.4 Å². The predicted octanol–water partition coefficient (Wildman–Crippen LogP) is 4.83. The smallest absolute Gasteiger partial charge is 0.256 e. The maximum Gasteiger partial charge on any atom is 0.256 e. The van der Waals surface area contributed by atoms with Gasteiger partial charge in [-0.05, 0) is 74.0 Å². The van der Waals surface area contributed by atoms with Crippen LogP contribution in [0.3, 0.4) is 0 Å². The van der Waals surface area contributed by atoms with Gasteiger partial charge in [0.15, 0.2) is 11.5 Å². The first-order valence-electron chi connectivity index (χ1n) is 14.0. The average Bonchev–Trinajstić information content (AvgIpc) is 3.37. The van der Waals surface area contributed by atoms with Crippen molar-refractivity contribution in [1.29, 1.82) is 0 Å². The van der Waals surface area contributed by atoms with Crippen molar-refractivity contribution in [3.05, 3.63) is 89.4 Å². The Bertz CT molecular complexity index is 1740. The van der Waals surface area contributed by atoms with E-state index >= 15 is 0 Å². The number of hydrogen-bond donors (Lipinski definition) is 1. The van der Waals surface area contributed by atoms with Crippen molar-refractivity contribution in [2.24, 2.45) is 7.05 Å². The molecule has 42 heavy (non-hydrogen) atoms. The minimum Gasteiger partial charge on any atom is -0.438 e. The number of hydrogen-bond acceptors (Lipinski definition) is 8. The number of carbonyl (C=O) groups excluding carboxylic acids is 1. The summed E-state index contributed by atoms with van der Waals surface area (Å²) >= 11 is 0. The molecule has 1 saturated heterocycles. The summed E-state index contributed by atoms with van der Waals surface area (Å²) in [5, 5.41) is 8.19. The number of ether oxygens (including phenoxy) is 1. The molecule has 214 valence electrons. The molecule has 4 heterocycles. The van der Waals surface area contributed by atoms with E-state index in [1.165, 1.54) is 5.56 Å². The Hall–Kier alpha value is -4.67. The standard InChI is InChI=1S/C32H34N8O2/c1-21-7-10-26(42-32-28-20-39(4)37-30(28)35-29(36-32)23-6-5-11-33-18-23)17-27(21)31(41)34-25-9-8-24(22(2)16-25)19-40-14-12-38(3)13-15-40/h5-11,16-18,20H,12-15,19H2,1-4H3,(H,34,41). The monoisotopic (exact) mass is 562 g/mol. The molecule has 0 bridgehead atoms. The number of nitrogens with one attached hydrogen (secondary N) is 1. The number of aryl methyl sites for hydroxylation is 3. The number of carbonyl (C=O) groups is 1. The summed E-state index contributed by atoms with van der Waals surface area (Å²) in [5.74, 6) is 1.11. The molecule has 3 aromatic heterocycles. The number of likely N-dealkylation sites (N-methyl/N-ethyl adjacent to an activating group) is 1. The van der Waals surface area contributed by atoms with Crippen LogP contribution in [-0.4, -0.2) is 73.7 Å². The molecule has 2 aromatic carbocycles. The summed E-state index contributed by atoms with van der Waals surface area (Å²) in [6.07, 6.45) is 5.21. The minimum atomic E-state index is -0.200. The number of piperazine rings is 1. The Morgan fingerprint density at radius 1 is 0.976 bits per heavy atom. The normalized spacial score (nSPS) is 14.3. The fraction of sp³-hybridized carbons (Fsp3) is 0.281. The SMILES string of the molecule is Cc1cc(NC(=O)c2cc(Oc3nc(-c4cccnc4)nc4nn(C)cc34)ccc2C)ccc1CN1CCN(C)CC1. The van der Waals surface area contributed by atoms with E-state index in [1.54, 1.807) is 23.1 Å². The molecule has 1 amide bonds. The molecule has 0 aliphatic carbocycles. The Labute approximate surface area is 245 Å². The van der Waals surface area contributed by atoms with E-state index in [0.29, 0.717) is 34.1 Å². The predicted molar refractivity (Wildman–Crippen MR) is 163 cm³/mol. The first kappa shape index (κ1) is 27.5. The molecular formula is C32H34N8O2. The van der Waals surface area contributed by atoms with Crippen LogP contribution in [0.5, 0.6) is 11.6 Å². The molecule has 1 fully saturated rings. The first-order chi connectivity index (χ1) is 20.3. The van der Waals surface area contributed by atoms with Crippen LogP contribution in [-0.2, 0) is 13.6 Å². The summed E-state index contributed by atoms with van der Waals surface area (Å²) in [5.41, 5.74) is 5.83. The highest BCUT2D eigenvalue weighted by molar-refractivity contribution is 6.05. The lowest BCUT2D eigenvalue weighted by molar-refractivity contribution is 0.102. The maximum atomic E-state index is 13.4. The number of fused-ring (bicyclic) bond motifs is 1. The van der Waals surface area contributed by atoms with Crippen molar-refractivity contribution in [2.75, 3.05) is 38.5 Å². The third-order valence-corrected chi connectivity index (χ3v) is 7.64. The van der Waals surface area contributed by atoms with Crippen molar-refractivity contribution in [3.63, 3.8) is 0 Å². The number of benzene rings is 2. The summed E-state index contributed by atoms with van der Waals surface area (Å²) < 4.78 is 7.94. The third kappa shape index (κ3) is 6.00. The zero-order chi connectivity index (χ0) is 29.2. The zero-order valence-electron chi connectivity index (χ0n) is 24.3. The van der Waals surface area contributed by atoms with Crippen molar-refractivity contribution in [2.45, 2.75) is 20.4 Å². The van der Waals surface area contributed by atoms with Gasteiger partial charge in [0.05, 0.1) is 0 Å². The van der Waals surface area contributed by atoms with Gasteiger partial charge in [0.1, 0.15) is 11.1 Å². The number of pyridine rings is 1. The molecule has 10 nitrogen and oxygen atoms in total. The van der Waals surface area contributed by atoms with Crippen LogP contribution >= 0.6 is 0 Å². The van der Waals surface area contributed by atoms with Crippen molar-refractivity contribution in [1.82, 2.24) is 34.5 Å². The summed E-state index contributed by atoms with van der Waals surface area (Å²) in [4.78, 5) is 31.7. The van der Waals surface area contributed by atoms with Gasteiger partial charge in [-0.2, -0.15) is 10.1 Å². The Morgan fingerprint density at radius 3 is 2.57 bits per heavy atom. The van der Waals surface area contributed by atoms with Gasteiger partial charge in [0.2, 0.25) is 5.88 Å². The Morgan fingerprint density at radius 2 is 1.81 bits per heavy atom. The number of aromatic nitrogens is 5. The van der Waals surface area contributed by atoms with E-state index in [1.807, 2.05) is 56.6 Å². The van der Waals surface area contributed by atoms with Crippen LogP contribution in [0.1, 0.15) is 27.0 Å². The topological polar surface area (TPSA) is 101 Å². The third-order valence-electron chi connectivity index (χ3n) is 7.64. The lowest BCUT2D eigenvalue weighted by Crippen LogP contribution is -2.43. The summed E-state index contributed by atoms with van der Waals surface area (Å²) in [7, 11) is 3.99. The Balaban J connectivity index is 1.21. The minimum absolute atomic E-state index is 0.200. The molecule has 10 heteroatoms. The molecule has 0 saturated carbocycles. The molecule has 0 radical (unpaired) electrons. The number of amides is 1. The van der Waals surface area contributed by atoms with Gasteiger partial charge in [0.25, 0.3) is 5.91 Å². The molecular weight excluding hydrogens is 528 g/mol. The second-order valence-electron chi connectivity index (χ2n) is 10.9. The van der Waals surface area contributed by atoms with E-state index in [2.05, 4.69) is 55.2 Å². The fourth-order valence-electron chi connectivity index (χ4n) is 5.11. The number of anilines is 1. The fourth-order valence-corrected chi connectivity index (χ4v) is 5.11. The molecule has 1 N–H and O–H groups in total. The van der Waals surface area contributed by atoms with Crippen LogP contribution in [0, 0.1) is 13.8 Å². The van der Waals surface area contributed by atoms with Crippen molar-refractivity contribution in [3.8, 4) is 23.0 Å². The molecule has 0 unspecified atom stereocenters. The van der Waals surface area contributed by atoms with Crippen LogP contribution in [0.15, 0.2) is 67.1 Å². The zero-order valence-corrected chi connectivity index (χ0v) is 24.3. The molecule has 1 aliphatic rings.